The molecule has 0 aliphatic carbocycles. The van der Waals surface area contributed by atoms with Crippen LogP contribution in [0.5, 0.6) is 0 Å². The molecule has 0 saturated heterocycles. The zero-order chi connectivity index (χ0) is 18.7. The van der Waals surface area contributed by atoms with Gasteiger partial charge in [-0.3, -0.25) is 9.78 Å². The Hall–Kier alpha value is -2.71. The third-order valence-corrected chi connectivity index (χ3v) is 4.23. The van der Waals surface area contributed by atoms with Gasteiger partial charge in [-0.05, 0) is 31.5 Å². The second-order valence-electron chi connectivity index (χ2n) is 5.53. The minimum atomic E-state index is -0.331. The molecule has 0 aliphatic heterocycles. The van der Waals surface area contributed by atoms with E-state index in [9.17, 15) is 4.79 Å². The van der Waals surface area contributed by atoms with E-state index in [4.69, 9.17) is 23.2 Å². The van der Waals surface area contributed by atoms with Gasteiger partial charge in [-0.2, -0.15) is 10.2 Å². The molecular weight excluding hydrogens is 377 g/mol. The van der Waals surface area contributed by atoms with Crippen LogP contribution in [0.3, 0.4) is 0 Å². The maximum absolute atomic E-state index is 11.5. The third-order valence-electron chi connectivity index (χ3n) is 3.58. The van der Waals surface area contributed by atoms with Crippen LogP contribution in [0.4, 0.5) is 5.95 Å². The first-order chi connectivity index (χ1) is 12.4. The summed E-state index contributed by atoms with van der Waals surface area (Å²) in [6, 6.07) is 7.46. The van der Waals surface area contributed by atoms with E-state index in [1.807, 2.05) is 31.2 Å². The molecule has 10 heteroatoms. The molecule has 3 rings (SSSR count). The van der Waals surface area contributed by atoms with Crippen molar-refractivity contribution in [1.29, 1.82) is 0 Å². The van der Waals surface area contributed by atoms with Crippen LogP contribution in [0.2, 0.25) is 10.2 Å². The van der Waals surface area contributed by atoms with Crippen LogP contribution >= 0.6 is 23.2 Å². The highest BCUT2D eigenvalue weighted by atomic mass is 35.5. The number of hydrogen-bond donors (Lipinski definition) is 2. The van der Waals surface area contributed by atoms with Crippen molar-refractivity contribution < 1.29 is 0 Å². The average molecular weight is 392 g/mol. The van der Waals surface area contributed by atoms with Crippen molar-refractivity contribution in [3.05, 3.63) is 67.3 Å². The topological polar surface area (TPSA) is 101 Å². The first-order valence-corrected chi connectivity index (χ1v) is 8.39. The third kappa shape index (κ3) is 4.09. The molecule has 8 nitrogen and oxygen atoms in total. The fourth-order valence-corrected chi connectivity index (χ4v) is 2.59. The highest BCUT2D eigenvalue weighted by Gasteiger charge is 2.12. The van der Waals surface area contributed by atoms with Crippen LogP contribution < -0.4 is 11.0 Å². The van der Waals surface area contributed by atoms with E-state index in [2.05, 4.69) is 30.8 Å². The number of anilines is 1. The molecule has 0 aliphatic rings. The number of hydrazone groups is 1. The molecule has 0 fully saturated rings. The number of hydrogen-bond acceptors (Lipinski definition) is 6. The molecule has 0 bridgehead atoms. The van der Waals surface area contributed by atoms with E-state index in [1.54, 1.807) is 11.6 Å². The van der Waals surface area contributed by atoms with Gasteiger partial charge in [0.2, 0.25) is 5.95 Å². The molecule has 2 N–H and O–H groups in total. The Morgan fingerprint density at radius 3 is 2.62 bits per heavy atom. The van der Waals surface area contributed by atoms with Crippen LogP contribution in [0.15, 0.2) is 34.2 Å². The van der Waals surface area contributed by atoms with E-state index in [0.717, 1.165) is 11.3 Å². The summed E-state index contributed by atoms with van der Waals surface area (Å²) in [5.74, 6) is 0.138. The minimum Gasteiger partial charge on any atom is -0.288 e. The second-order valence-corrected chi connectivity index (χ2v) is 6.33. The Morgan fingerprint density at radius 1 is 1.19 bits per heavy atom. The number of nitrogens with zero attached hydrogens (tertiary/aromatic N) is 5. The van der Waals surface area contributed by atoms with E-state index < -0.39 is 0 Å². The fraction of sp³-hybridized carbons (Fsp3) is 0.188. The molecule has 0 unspecified atom stereocenters. The number of aromatic amines is 1. The number of aryl methyl sites for hydroxylation is 2. The lowest BCUT2D eigenvalue weighted by Gasteiger charge is -2.03. The van der Waals surface area contributed by atoms with Gasteiger partial charge in [0.1, 0.15) is 10.8 Å². The Balaban J connectivity index is 1.75. The molecule has 2 heterocycles. The summed E-state index contributed by atoms with van der Waals surface area (Å²) in [7, 11) is 0. The number of rotatable bonds is 5. The highest BCUT2D eigenvalue weighted by molar-refractivity contribution is 6.32. The predicted octanol–water partition coefficient (Wildman–Crippen LogP) is 2.78. The van der Waals surface area contributed by atoms with Gasteiger partial charge in [0.15, 0.2) is 0 Å². The van der Waals surface area contributed by atoms with Crippen LogP contribution in [0.25, 0.3) is 0 Å². The summed E-state index contributed by atoms with van der Waals surface area (Å²) < 4.78 is 1.68. The van der Waals surface area contributed by atoms with Crippen LogP contribution in [0, 0.1) is 13.8 Å². The summed E-state index contributed by atoms with van der Waals surface area (Å²) >= 11 is 12.3. The molecule has 0 amide bonds. The molecular formula is C16H15Cl2N7O. The lowest BCUT2D eigenvalue weighted by Crippen LogP contribution is -2.15. The standard InChI is InChI=1S/C16H15Cl2N7O/c1-9-13(7-19-22-16-20-15(26)10(2)21-23-16)14(18)25(24-9)8-11-3-5-12(17)6-4-11/h3-7H,8H2,1-2H3,(H2,20,22,23,26). The van der Waals surface area contributed by atoms with E-state index in [0.29, 0.717) is 22.3 Å². The number of H-pyrrole nitrogens is 1. The quantitative estimate of drug-likeness (QED) is 0.514. The molecule has 0 saturated carbocycles. The monoisotopic (exact) mass is 391 g/mol. The Morgan fingerprint density at radius 2 is 1.92 bits per heavy atom. The van der Waals surface area contributed by atoms with E-state index >= 15 is 0 Å². The maximum Gasteiger partial charge on any atom is 0.274 e. The Kier molecular flexibility index (Phi) is 5.34. The van der Waals surface area contributed by atoms with Gasteiger partial charge in [0.25, 0.3) is 5.56 Å². The zero-order valence-electron chi connectivity index (χ0n) is 14.0. The van der Waals surface area contributed by atoms with Gasteiger partial charge >= 0.3 is 0 Å². The minimum absolute atomic E-state index is 0.138. The predicted molar refractivity (Wildman–Crippen MR) is 101 cm³/mol. The largest absolute Gasteiger partial charge is 0.288 e. The summed E-state index contributed by atoms with van der Waals surface area (Å²) in [5, 5.41) is 17.1. The molecule has 0 radical (unpaired) electrons. The van der Waals surface area contributed by atoms with Crippen molar-refractivity contribution in [1.82, 2.24) is 25.0 Å². The molecule has 0 spiro atoms. The second kappa shape index (κ2) is 7.67. The molecule has 26 heavy (non-hydrogen) atoms. The van der Waals surface area contributed by atoms with E-state index in [1.165, 1.54) is 6.21 Å². The summed E-state index contributed by atoms with van der Waals surface area (Å²) in [6.45, 7) is 3.91. The fourth-order valence-electron chi connectivity index (χ4n) is 2.18. The molecule has 2 aromatic heterocycles. The van der Waals surface area contributed by atoms with Crippen LogP contribution in [0.1, 0.15) is 22.5 Å². The van der Waals surface area contributed by atoms with Crippen LogP contribution in [-0.4, -0.2) is 31.2 Å². The lowest BCUT2D eigenvalue weighted by atomic mass is 10.2. The summed E-state index contributed by atoms with van der Waals surface area (Å²) in [5.41, 5.74) is 4.96. The molecule has 1 aromatic carbocycles. The maximum atomic E-state index is 11.5. The lowest BCUT2D eigenvalue weighted by molar-refractivity contribution is 0.680. The van der Waals surface area contributed by atoms with Gasteiger partial charge in [-0.25, -0.2) is 10.1 Å². The summed E-state index contributed by atoms with van der Waals surface area (Å²) in [4.78, 5) is 14.0. The van der Waals surface area contributed by atoms with Crippen molar-refractivity contribution in [3.63, 3.8) is 0 Å². The number of aromatic nitrogens is 5. The van der Waals surface area contributed by atoms with Gasteiger partial charge in [0, 0.05) is 5.02 Å². The van der Waals surface area contributed by atoms with Gasteiger partial charge in [-0.15, -0.1) is 10.2 Å². The number of benzene rings is 1. The van der Waals surface area contributed by atoms with Crippen molar-refractivity contribution in [2.24, 2.45) is 5.10 Å². The molecule has 3 aromatic rings. The Bertz CT molecular complexity index is 1010. The normalized spacial score (nSPS) is 11.2. The number of nitrogens with one attached hydrogen (secondary N) is 2. The van der Waals surface area contributed by atoms with Crippen LogP contribution in [-0.2, 0) is 6.54 Å². The SMILES string of the molecule is Cc1nn(Cc2ccc(Cl)cc2)c(Cl)c1C=NNc1nnc(C)c(=O)[nH]1. The van der Waals surface area contributed by atoms with E-state index in [-0.39, 0.29) is 17.2 Å². The van der Waals surface area contributed by atoms with Gasteiger partial charge in [0.05, 0.1) is 24.0 Å². The highest BCUT2D eigenvalue weighted by Crippen LogP contribution is 2.20. The molecule has 0 atom stereocenters. The number of halogens is 2. The summed E-state index contributed by atoms with van der Waals surface area (Å²) in [6.07, 6.45) is 1.52. The Labute approximate surface area is 158 Å². The van der Waals surface area contributed by atoms with Crippen molar-refractivity contribution >= 4 is 35.4 Å². The van der Waals surface area contributed by atoms with Gasteiger partial charge < -0.3 is 0 Å². The van der Waals surface area contributed by atoms with Crippen molar-refractivity contribution in [2.45, 2.75) is 20.4 Å². The van der Waals surface area contributed by atoms with Gasteiger partial charge in [-0.1, -0.05) is 35.3 Å². The van der Waals surface area contributed by atoms with Crippen molar-refractivity contribution in [2.75, 3.05) is 5.43 Å². The molecule has 134 valence electrons. The smallest absolute Gasteiger partial charge is 0.274 e. The first kappa shape index (κ1) is 18.1. The average Bonchev–Trinajstić information content (AvgIpc) is 2.87. The zero-order valence-corrected chi connectivity index (χ0v) is 15.5. The first-order valence-electron chi connectivity index (χ1n) is 7.64. The van der Waals surface area contributed by atoms with Crippen molar-refractivity contribution in [3.8, 4) is 0 Å².